The molecule has 35 heavy (non-hydrogen) atoms. The number of esters is 1. The lowest BCUT2D eigenvalue weighted by molar-refractivity contribution is -0.190. The summed E-state index contributed by atoms with van der Waals surface area (Å²) in [7, 11) is 0. The Kier molecular flexibility index (Phi) is 5.18. The SMILES string of the molecule is CC1=CC23C(=O)[C@@H](C=C(CO)[C@@H](O)[C@]2(O)[C@H]1OC(=O)c1c(C)oc(C)c1C)[C@H]1[C@@H](CC3C)C1(C)C. The van der Waals surface area contributed by atoms with Gasteiger partial charge in [-0.2, -0.15) is 0 Å². The summed E-state index contributed by atoms with van der Waals surface area (Å²) in [5.74, 6) is -0.328. The highest BCUT2D eigenvalue weighted by molar-refractivity contribution is 5.96. The van der Waals surface area contributed by atoms with Crippen molar-refractivity contribution in [2.45, 2.75) is 72.7 Å². The van der Waals surface area contributed by atoms with Gasteiger partial charge < -0.3 is 24.5 Å². The molecular weight excluding hydrogens is 448 g/mol. The van der Waals surface area contributed by atoms with Gasteiger partial charge in [0.25, 0.3) is 0 Å². The molecule has 1 aromatic rings. The van der Waals surface area contributed by atoms with E-state index in [1.54, 1.807) is 39.8 Å². The van der Waals surface area contributed by atoms with Crippen LogP contribution in [-0.4, -0.2) is 51.5 Å². The summed E-state index contributed by atoms with van der Waals surface area (Å²) in [5, 5.41) is 34.2. The van der Waals surface area contributed by atoms with Crippen molar-refractivity contribution in [1.29, 1.82) is 0 Å². The number of aliphatic hydroxyl groups excluding tert-OH is 2. The van der Waals surface area contributed by atoms with Gasteiger partial charge in [0, 0.05) is 11.5 Å². The van der Waals surface area contributed by atoms with Gasteiger partial charge in [-0.1, -0.05) is 32.9 Å². The Balaban J connectivity index is 1.65. The number of hydrogen-bond acceptors (Lipinski definition) is 7. The molecule has 0 radical (unpaired) electrons. The van der Waals surface area contributed by atoms with Gasteiger partial charge >= 0.3 is 5.97 Å². The van der Waals surface area contributed by atoms with E-state index in [2.05, 4.69) is 13.8 Å². The van der Waals surface area contributed by atoms with Crippen LogP contribution >= 0.6 is 0 Å². The normalized spacial score (nSPS) is 41.3. The maximum atomic E-state index is 14.4. The maximum Gasteiger partial charge on any atom is 0.342 e. The molecule has 1 heterocycles. The standard InChI is InChI=1S/C28H36O7/c1-12-10-27-13(2)8-19-21(26(19,6)7)18(23(27)31)9-17(11-29)22(30)28(27,33)24(12)35-25(32)20-14(3)15(4)34-16(20)5/h9-10,13,18-19,21-22,24,29-30,33H,8,11H2,1-7H3/t13?,18-,19+,21-,22+,24-,27?,28-/m0/s1. The van der Waals surface area contributed by atoms with E-state index in [0.29, 0.717) is 29.1 Å². The monoisotopic (exact) mass is 484 g/mol. The second-order valence-electron chi connectivity index (χ2n) is 11.9. The first kappa shape index (κ1) is 24.5. The van der Waals surface area contributed by atoms with Crippen molar-refractivity contribution in [3.63, 3.8) is 0 Å². The predicted molar refractivity (Wildman–Crippen MR) is 127 cm³/mol. The minimum absolute atomic E-state index is 0.0436. The highest BCUT2D eigenvalue weighted by Gasteiger charge is 2.76. The number of aliphatic hydroxyl groups is 3. The van der Waals surface area contributed by atoms with Crippen molar-refractivity contribution in [2.24, 2.45) is 34.5 Å². The fraction of sp³-hybridized carbons (Fsp3) is 0.643. The van der Waals surface area contributed by atoms with Gasteiger partial charge in [0.05, 0.1) is 12.0 Å². The minimum atomic E-state index is -2.14. The zero-order valence-electron chi connectivity index (χ0n) is 21.5. The number of carbonyl (C=O) groups is 2. The molecule has 1 aromatic heterocycles. The summed E-state index contributed by atoms with van der Waals surface area (Å²) in [6.45, 7) is 12.7. The van der Waals surface area contributed by atoms with Crippen molar-refractivity contribution in [1.82, 2.24) is 0 Å². The molecule has 0 saturated heterocycles. The van der Waals surface area contributed by atoms with Crippen molar-refractivity contribution in [3.8, 4) is 0 Å². The van der Waals surface area contributed by atoms with E-state index in [0.717, 1.165) is 0 Å². The first-order valence-corrected chi connectivity index (χ1v) is 12.5. The van der Waals surface area contributed by atoms with E-state index < -0.39 is 41.7 Å². The molecular formula is C28H36O7. The molecule has 1 spiro atoms. The second kappa shape index (κ2) is 7.40. The topological polar surface area (TPSA) is 117 Å². The van der Waals surface area contributed by atoms with E-state index in [1.807, 2.05) is 6.92 Å². The molecule has 5 rings (SSSR count). The van der Waals surface area contributed by atoms with Crippen LogP contribution < -0.4 is 0 Å². The fourth-order valence-corrected chi connectivity index (χ4v) is 7.85. The van der Waals surface area contributed by atoms with Gasteiger partial charge in [0.2, 0.25) is 0 Å². The zero-order chi connectivity index (χ0) is 25.8. The molecule has 0 aliphatic heterocycles. The van der Waals surface area contributed by atoms with E-state index in [1.165, 1.54) is 0 Å². The van der Waals surface area contributed by atoms with Crippen LogP contribution in [0.25, 0.3) is 0 Å². The average Bonchev–Trinajstić information content (AvgIpc) is 3.14. The molecule has 4 aliphatic carbocycles. The number of fused-ring (bicyclic) bond motifs is 3. The Morgan fingerprint density at radius 2 is 1.86 bits per heavy atom. The lowest BCUT2D eigenvalue weighted by Crippen LogP contribution is -2.65. The van der Waals surface area contributed by atoms with Gasteiger partial charge in [0.1, 0.15) is 23.2 Å². The van der Waals surface area contributed by atoms with E-state index in [4.69, 9.17) is 9.15 Å². The lowest BCUT2D eigenvalue weighted by atomic mass is 9.59. The Hall–Kier alpha value is -2.22. The Labute approximate surface area is 205 Å². The quantitative estimate of drug-likeness (QED) is 0.445. The molecule has 2 unspecified atom stereocenters. The minimum Gasteiger partial charge on any atom is -0.465 e. The third-order valence-corrected chi connectivity index (χ3v) is 9.89. The number of ketones is 1. The van der Waals surface area contributed by atoms with Crippen LogP contribution in [0.15, 0.2) is 27.7 Å². The average molecular weight is 485 g/mol. The number of hydrogen-bond donors (Lipinski definition) is 3. The Bertz CT molecular complexity index is 1190. The van der Waals surface area contributed by atoms with Crippen LogP contribution in [0.1, 0.15) is 61.6 Å². The van der Waals surface area contributed by atoms with Gasteiger partial charge in [-0.3, -0.25) is 4.79 Å². The number of allylic oxidation sites excluding steroid dienone is 1. The Morgan fingerprint density at radius 1 is 1.20 bits per heavy atom. The summed E-state index contributed by atoms with van der Waals surface area (Å²) in [6, 6.07) is 0. The first-order valence-electron chi connectivity index (χ1n) is 12.5. The third-order valence-electron chi connectivity index (χ3n) is 9.89. The molecule has 2 saturated carbocycles. The molecule has 7 nitrogen and oxygen atoms in total. The lowest BCUT2D eigenvalue weighted by Gasteiger charge is -2.48. The molecule has 0 aromatic carbocycles. The molecule has 3 N–H and O–H groups in total. The summed E-state index contributed by atoms with van der Waals surface area (Å²) >= 11 is 0. The molecule has 190 valence electrons. The zero-order valence-corrected chi connectivity index (χ0v) is 21.5. The van der Waals surface area contributed by atoms with Crippen molar-refractivity contribution in [3.05, 3.63) is 45.9 Å². The second-order valence-corrected chi connectivity index (χ2v) is 11.9. The van der Waals surface area contributed by atoms with Crippen molar-refractivity contribution >= 4 is 11.8 Å². The number of Topliss-reactive ketones (excluding diaryl/α,β-unsaturated/α-hetero) is 1. The smallest absolute Gasteiger partial charge is 0.342 e. The van der Waals surface area contributed by atoms with Crippen LogP contribution in [0.4, 0.5) is 0 Å². The van der Waals surface area contributed by atoms with Crippen LogP contribution in [0.2, 0.25) is 0 Å². The van der Waals surface area contributed by atoms with Gasteiger partial charge in [-0.15, -0.1) is 0 Å². The van der Waals surface area contributed by atoms with Crippen LogP contribution in [-0.2, 0) is 9.53 Å². The first-order chi connectivity index (χ1) is 16.2. The van der Waals surface area contributed by atoms with Gasteiger partial charge in [-0.05, 0) is 68.4 Å². The van der Waals surface area contributed by atoms with E-state index in [9.17, 15) is 24.9 Å². The van der Waals surface area contributed by atoms with Gasteiger partial charge in [-0.25, -0.2) is 4.79 Å². The molecule has 8 atom stereocenters. The highest BCUT2D eigenvalue weighted by Crippen LogP contribution is 2.71. The van der Waals surface area contributed by atoms with Crippen molar-refractivity contribution < 1.29 is 34.1 Å². The number of rotatable bonds is 3. The number of aryl methyl sites for hydroxylation is 2. The molecule has 2 fully saturated rings. The fourth-order valence-electron chi connectivity index (χ4n) is 7.85. The van der Waals surface area contributed by atoms with E-state index >= 15 is 0 Å². The highest BCUT2D eigenvalue weighted by atomic mass is 16.6. The molecule has 4 aliphatic rings. The number of furan rings is 1. The summed E-state index contributed by atoms with van der Waals surface area (Å²) in [6.07, 6.45) is 1.27. The maximum absolute atomic E-state index is 14.4. The van der Waals surface area contributed by atoms with Gasteiger partial charge in [0.15, 0.2) is 17.5 Å². The number of ether oxygens (including phenoxy) is 1. The number of carbonyl (C=O) groups excluding carboxylic acids is 2. The van der Waals surface area contributed by atoms with Crippen LogP contribution in [0.3, 0.4) is 0 Å². The van der Waals surface area contributed by atoms with Crippen molar-refractivity contribution in [2.75, 3.05) is 6.61 Å². The summed E-state index contributed by atoms with van der Waals surface area (Å²) in [5.41, 5.74) is -2.00. The largest absolute Gasteiger partial charge is 0.465 e. The third kappa shape index (κ3) is 2.83. The van der Waals surface area contributed by atoms with Crippen LogP contribution in [0.5, 0.6) is 0 Å². The summed E-state index contributed by atoms with van der Waals surface area (Å²) < 4.78 is 11.5. The van der Waals surface area contributed by atoms with Crippen LogP contribution in [0, 0.1) is 55.3 Å². The molecule has 2 bridgehead atoms. The molecule has 0 amide bonds. The predicted octanol–water partition coefficient (Wildman–Crippen LogP) is 3.20. The van der Waals surface area contributed by atoms with E-state index in [-0.39, 0.29) is 40.1 Å². The molecule has 7 heteroatoms. The Morgan fingerprint density at radius 3 is 2.43 bits per heavy atom. The summed E-state index contributed by atoms with van der Waals surface area (Å²) in [4.78, 5) is 27.7.